The van der Waals surface area contributed by atoms with Crippen LogP contribution < -0.4 is 5.32 Å². The monoisotopic (exact) mass is 294 g/mol. The van der Waals surface area contributed by atoms with Crippen molar-refractivity contribution in [3.05, 3.63) is 40.4 Å². The summed E-state index contributed by atoms with van der Waals surface area (Å²) in [5, 5.41) is 3.86. The Morgan fingerprint density at radius 3 is 2.60 bits per heavy atom. The summed E-state index contributed by atoms with van der Waals surface area (Å²) >= 11 is 1.38. The zero-order valence-electron chi connectivity index (χ0n) is 11.2. The van der Waals surface area contributed by atoms with Gasteiger partial charge >= 0.3 is 0 Å². The highest BCUT2D eigenvalue weighted by atomic mass is 32.1. The number of nitrogens with zero attached hydrogens (tertiary/aromatic N) is 1. The molecule has 0 amide bonds. The van der Waals surface area contributed by atoms with Gasteiger partial charge in [-0.25, -0.2) is 13.8 Å². The molecule has 0 bridgehead atoms. The van der Waals surface area contributed by atoms with Crippen molar-refractivity contribution in [3.63, 3.8) is 0 Å². The van der Waals surface area contributed by atoms with Crippen molar-refractivity contribution in [1.29, 1.82) is 0 Å². The fourth-order valence-electron chi connectivity index (χ4n) is 2.13. The van der Waals surface area contributed by atoms with Crippen LogP contribution in [-0.2, 0) is 13.0 Å². The van der Waals surface area contributed by atoms with Gasteiger partial charge in [-0.1, -0.05) is 13.0 Å². The predicted octanol–water partition coefficient (Wildman–Crippen LogP) is 3.90. The molecule has 1 aromatic carbocycles. The van der Waals surface area contributed by atoms with Crippen molar-refractivity contribution in [1.82, 2.24) is 10.3 Å². The number of aromatic nitrogens is 1. The first-order chi connectivity index (χ1) is 9.69. The summed E-state index contributed by atoms with van der Waals surface area (Å²) in [6.07, 6.45) is 3.21. The van der Waals surface area contributed by atoms with Crippen LogP contribution in [0.25, 0.3) is 10.6 Å². The lowest BCUT2D eigenvalue weighted by Crippen LogP contribution is -2.15. The van der Waals surface area contributed by atoms with Crippen LogP contribution in [0, 0.1) is 11.6 Å². The van der Waals surface area contributed by atoms with Gasteiger partial charge in [0.15, 0.2) is 0 Å². The Labute approximate surface area is 120 Å². The zero-order chi connectivity index (χ0) is 14.1. The lowest BCUT2D eigenvalue weighted by atomic mass is 10.2. The summed E-state index contributed by atoms with van der Waals surface area (Å²) in [7, 11) is 0. The molecule has 1 N–H and O–H groups in total. The SMILES string of the molecule is CCc1nc(-c2c(F)cccc2F)sc1CNC1CC1. The Morgan fingerprint density at radius 2 is 2.00 bits per heavy atom. The number of aryl methyl sites for hydroxylation is 1. The average Bonchev–Trinajstić information content (AvgIpc) is 3.17. The molecule has 20 heavy (non-hydrogen) atoms. The highest BCUT2D eigenvalue weighted by Crippen LogP contribution is 2.32. The Kier molecular flexibility index (Phi) is 3.81. The number of hydrogen-bond donors (Lipinski definition) is 1. The van der Waals surface area contributed by atoms with E-state index in [4.69, 9.17) is 0 Å². The number of benzene rings is 1. The van der Waals surface area contributed by atoms with Crippen LogP contribution in [0.3, 0.4) is 0 Å². The van der Waals surface area contributed by atoms with Crippen LogP contribution in [0.5, 0.6) is 0 Å². The van der Waals surface area contributed by atoms with E-state index in [-0.39, 0.29) is 5.56 Å². The molecule has 0 aliphatic heterocycles. The number of thiazole rings is 1. The molecule has 0 atom stereocenters. The second-order valence-electron chi connectivity index (χ2n) is 4.99. The van der Waals surface area contributed by atoms with Crippen molar-refractivity contribution in [2.75, 3.05) is 0 Å². The van der Waals surface area contributed by atoms with Crippen molar-refractivity contribution in [2.45, 2.75) is 38.8 Å². The third-order valence-electron chi connectivity index (χ3n) is 3.42. The third kappa shape index (κ3) is 2.74. The van der Waals surface area contributed by atoms with Crippen molar-refractivity contribution < 1.29 is 8.78 Å². The van der Waals surface area contributed by atoms with E-state index < -0.39 is 11.6 Å². The van der Waals surface area contributed by atoms with Crippen molar-refractivity contribution in [2.24, 2.45) is 0 Å². The van der Waals surface area contributed by atoms with Crippen LogP contribution >= 0.6 is 11.3 Å². The number of halogens is 2. The van der Waals surface area contributed by atoms with Crippen molar-refractivity contribution in [3.8, 4) is 10.6 Å². The fourth-order valence-corrected chi connectivity index (χ4v) is 3.28. The Balaban J connectivity index is 1.93. The van der Waals surface area contributed by atoms with Crippen molar-refractivity contribution >= 4 is 11.3 Å². The first-order valence-corrected chi connectivity index (χ1v) is 7.67. The highest BCUT2D eigenvalue weighted by molar-refractivity contribution is 7.15. The van der Waals surface area contributed by atoms with E-state index in [1.165, 1.54) is 42.4 Å². The van der Waals surface area contributed by atoms with E-state index in [9.17, 15) is 8.78 Å². The van der Waals surface area contributed by atoms with E-state index >= 15 is 0 Å². The van der Waals surface area contributed by atoms with Gasteiger partial charge in [0.1, 0.15) is 16.6 Å². The van der Waals surface area contributed by atoms with E-state index in [0.29, 0.717) is 11.0 Å². The van der Waals surface area contributed by atoms with Gasteiger partial charge in [-0.3, -0.25) is 0 Å². The number of rotatable bonds is 5. The number of nitrogens with one attached hydrogen (secondary N) is 1. The molecule has 106 valence electrons. The molecule has 0 spiro atoms. The van der Waals surface area contributed by atoms with E-state index in [1.807, 2.05) is 6.92 Å². The predicted molar refractivity (Wildman–Crippen MR) is 76.7 cm³/mol. The van der Waals surface area contributed by atoms with Gasteiger partial charge in [0.2, 0.25) is 0 Å². The summed E-state index contributed by atoms with van der Waals surface area (Å²) in [6, 6.07) is 4.52. The van der Waals surface area contributed by atoms with Gasteiger partial charge in [0.25, 0.3) is 0 Å². The smallest absolute Gasteiger partial charge is 0.136 e. The standard InChI is InChI=1S/C15H16F2N2S/c1-2-12-13(8-18-9-6-7-9)20-15(19-12)14-10(16)4-3-5-11(14)17/h3-5,9,18H,2,6-8H2,1H3. The molecule has 0 unspecified atom stereocenters. The van der Waals surface area contributed by atoms with Gasteiger partial charge in [0, 0.05) is 17.5 Å². The Hall–Kier alpha value is -1.33. The third-order valence-corrected chi connectivity index (χ3v) is 4.53. The first kappa shape index (κ1) is 13.6. The molecular weight excluding hydrogens is 278 g/mol. The molecule has 1 heterocycles. The summed E-state index contributed by atoms with van der Waals surface area (Å²) in [5.74, 6) is -1.11. The zero-order valence-corrected chi connectivity index (χ0v) is 12.1. The quantitative estimate of drug-likeness (QED) is 0.904. The molecule has 2 aromatic rings. The van der Waals surface area contributed by atoms with E-state index in [1.54, 1.807) is 0 Å². The molecule has 1 saturated carbocycles. The largest absolute Gasteiger partial charge is 0.309 e. The van der Waals surface area contributed by atoms with Gasteiger partial charge < -0.3 is 5.32 Å². The fraction of sp³-hybridized carbons (Fsp3) is 0.400. The minimum absolute atomic E-state index is 0.00938. The molecule has 1 aliphatic carbocycles. The molecule has 2 nitrogen and oxygen atoms in total. The summed E-state index contributed by atoms with van der Waals surface area (Å²) in [4.78, 5) is 5.50. The molecule has 0 saturated heterocycles. The van der Waals surface area contributed by atoms with Crippen LogP contribution in [0.4, 0.5) is 8.78 Å². The maximum atomic E-state index is 13.8. The normalized spacial score (nSPS) is 14.8. The molecule has 1 aliphatic rings. The van der Waals surface area contributed by atoms with Gasteiger partial charge in [-0.2, -0.15) is 0 Å². The van der Waals surface area contributed by atoms with E-state index in [0.717, 1.165) is 23.5 Å². The topological polar surface area (TPSA) is 24.9 Å². The molecule has 1 aromatic heterocycles. The summed E-state index contributed by atoms with van der Waals surface area (Å²) in [5.41, 5.74) is 0.922. The average molecular weight is 294 g/mol. The maximum Gasteiger partial charge on any atom is 0.136 e. The van der Waals surface area contributed by atoms with Crippen LogP contribution in [0.1, 0.15) is 30.3 Å². The van der Waals surface area contributed by atoms with Crippen LogP contribution in [0.15, 0.2) is 18.2 Å². The highest BCUT2D eigenvalue weighted by Gasteiger charge is 2.22. The number of hydrogen-bond acceptors (Lipinski definition) is 3. The molecular formula is C15H16F2N2S. The Bertz CT molecular complexity index is 600. The van der Waals surface area contributed by atoms with Crippen LogP contribution in [-0.4, -0.2) is 11.0 Å². The molecule has 1 fully saturated rings. The van der Waals surface area contributed by atoms with Gasteiger partial charge in [0.05, 0.1) is 11.3 Å². The van der Waals surface area contributed by atoms with E-state index in [2.05, 4.69) is 10.3 Å². The van der Waals surface area contributed by atoms with Gasteiger partial charge in [-0.15, -0.1) is 11.3 Å². The summed E-state index contributed by atoms with van der Waals surface area (Å²) in [6.45, 7) is 2.75. The van der Waals surface area contributed by atoms with Gasteiger partial charge in [-0.05, 0) is 31.4 Å². The second-order valence-corrected chi connectivity index (χ2v) is 6.08. The van der Waals surface area contributed by atoms with Crippen LogP contribution in [0.2, 0.25) is 0 Å². The Morgan fingerprint density at radius 1 is 1.30 bits per heavy atom. The lowest BCUT2D eigenvalue weighted by Gasteiger charge is -2.01. The molecule has 5 heteroatoms. The first-order valence-electron chi connectivity index (χ1n) is 6.85. The minimum Gasteiger partial charge on any atom is -0.309 e. The maximum absolute atomic E-state index is 13.8. The lowest BCUT2D eigenvalue weighted by molar-refractivity contribution is 0.589. The summed E-state index contributed by atoms with van der Waals surface area (Å²) < 4.78 is 27.6. The molecule has 3 rings (SSSR count). The minimum atomic E-state index is -0.553. The molecule has 0 radical (unpaired) electrons. The second kappa shape index (κ2) is 5.58.